The summed E-state index contributed by atoms with van der Waals surface area (Å²) in [5, 5.41) is 9.93. The van der Waals surface area contributed by atoms with Crippen LogP contribution in [0.1, 0.15) is 49.7 Å². The summed E-state index contributed by atoms with van der Waals surface area (Å²) >= 11 is 0. The lowest BCUT2D eigenvalue weighted by Crippen LogP contribution is -2.34. The average Bonchev–Trinajstić information content (AvgIpc) is 3.17. The molecule has 0 amide bonds. The van der Waals surface area contributed by atoms with Crippen LogP contribution in [0.25, 0.3) is 5.57 Å². The molecule has 6 heteroatoms. The number of allylic oxidation sites excluding steroid dienone is 1. The maximum Gasteiger partial charge on any atom is 0.136 e. The van der Waals surface area contributed by atoms with Crippen molar-refractivity contribution in [3.05, 3.63) is 47.8 Å². The zero-order valence-electron chi connectivity index (χ0n) is 16.9. The summed E-state index contributed by atoms with van der Waals surface area (Å²) in [6.45, 7) is 3.87. The molecule has 1 aliphatic carbocycles. The van der Waals surface area contributed by atoms with Gasteiger partial charge in [0, 0.05) is 6.54 Å². The summed E-state index contributed by atoms with van der Waals surface area (Å²) in [6.07, 6.45) is 11.1. The maximum atomic E-state index is 9.93. The summed E-state index contributed by atoms with van der Waals surface area (Å²) in [4.78, 5) is 10.9. The van der Waals surface area contributed by atoms with Gasteiger partial charge in [-0.3, -0.25) is 0 Å². The van der Waals surface area contributed by atoms with Crippen molar-refractivity contribution < 1.29 is 5.11 Å². The van der Waals surface area contributed by atoms with Crippen molar-refractivity contribution in [1.82, 2.24) is 14.9 Å². The van der Waals surface area contributed by atoms with E-state index in [4.69, 9.17) is 11.5 Å². The zero-order valence-corrected chi connectivity index (χ0v) is 16.9. The van der Waals surface area contributed by atoms with Crippen LogP contribution in [-0.2, 0) is 0 Å². The number of benzene rings is 1. The number of phenols is 1. The molecule has 1 aromatic heterocycles. The molecule has 5 N–H and O–H groups in total. The highest BCUT2D eigenvalue weighted by Crippen LogP contribution is 2.39. The fraction of sp³-hybridized carbons (Fsp3) is 0.478. The summed E-state index contributed by atoms with van der Waals surface area (Å²) < 4.78 is 0. The first-order valence-electron chi connectivity index (χ1n) is 10.7. The first kappa shape index (κ1) is 19.7. The Labute approximate surface area is 172 Å². The molecular formula is C23H31N5O. The third-order valence-corrected chi connectivity index (χ3v) is 6.30. The van der Waals surface area contributed by atoms with E-state index in [-0.39, 0.29) is 5.75 Å². The number of likely N-dealkylation sites (tertiary alicyclic amines) is 1. The second-order valence-corrected chi connectivity index (χ2v) is 8.48. The second kappa shape index (κ2) is 8.82. The Kier molecular flexibility index (Phi) is 6.00. The Morgan fingerprint density at radius 3 is 2.52 bits per heavy atom. The monoisotopic (exact) mass is 393 g/mol. The van der Waals surface area contributed by atoms with Crippen molar-refractivity contribution >= 4 is 17.2 Å². The number of aromatic nitrogens is 2. The van der Waals surface area contributed by atoms with Crippen LogP contribution in [0.3, 0.4) is 0 Å². The number of hydrogen-bond acceptors (Lipinski definition) is 6. The molecule has 0 radical (unpaired) electrons. The lowest BCUT2D eigenvalue weighted by atomic mass is 9.72. The quantitative estimate of drug-likeness (QED) is 0.663. The Hall–Kier alpha value is -2.60. The van der Waals surface area contributed by atoms with Crippen molar-refractivity contribution in [2.75, 3.05) is 31.1 Å². The van der Waals surface area contributed by atoms with E-state index in [0.29, 0.717) is 17.2 Å². The number of nitrogen functional groups attached to an aromatic ring is 2. The minimum Gasteiger partial charge on any atom is -0.508 e. The highest BCUT2D eigenvalue weighted by Gasteiger charge is 2.30. The summed E-state index contributed by atoms with van der Waals surface area (Å²) in [5.41, 5.74) is 14.7. The zero-order chi connectivity index (χ0) is 20.2. The molecular weight excluding hydrogens is 362 g/mol. The normalized spacial score (nSPS) is 22.6. The molecule has 1 aromatic carbocycles. The van der Waals surface area contributed by atoms with Gasteiger partial charge in [0.25, 0.3) is 0 Å². The number of aromatic hydroxyl groups is 1. The molecule has 0 spiro atoms. The SMILES string of the molecule is Nc1ncnc(N)c1/C(=C\CCC1CC(CN2CCCC2)C1)c1cccc(O)c1. The van der Waals surface area contributed by atoms with Crippen molar-refractivity contribution in [3.8, 4) is 5.75 Å². The highest BCUT2D eigenvalue weighted by atomic mass is 16.3. The van der Waals surface area contributed by atoms with E-state index in [1.807, 2.05) is 12.1 Å². The van der Waals surface area contributed by atoms with Crippen LogP contribution >= 0.6 is 0 Å². The molecule has 1 saturated carbocycles. The largest absolute Gasteiger partial charge is 0.508 e. The molecule has 0 atom stereocenters. The van der Waals surface area contributed by atoms with E-state index in [2.05, 4.69) is 20.9 Å². The molecule has 0 bridgehead atoms. The Morgan fingerprint density at radius 1 is 1.10 bits per heavy atom. The summed E-state index contributed by atoms with van der Waals surface area (Å²) in [6, 6.07) is 7.16. The molecule has 6 nitrogen and oxygen atoms in total. The molecule has 1 aliphatic heterocycles. The van der Waals surface area contributed by atoms with Crippen LogP contribution in [0.4, 0.5) is 11.6 Å². The molecule has 4 rings (SSSR count). The van der Waals surface area contributed by atoms with E-state index in [1.54, 1.807) is 12.1 Å². The van der Waals surface area contributed by atoms with E-state index in [1.165, 1.54) is 51.6 Å². The first-order chi connectivity index (χ1) is 14.1. The Balaban J connectivity index is 1.42. The molecule has 2 fully saturated rings. The average molecular weight is 394 g/mol. The lowest BCUT2D eigenvalue weighted by Gasteiger charge is -2.37. The van der Waals surface area contributed by atoms with Crippen molar-refractivity contribution in [2.45, 2.75) is 38.5 Å². The van der Waals surface area contributed by atoms with Gasteiger partial charge in [-0.25, -0.2) is 9.97 Å². The van der Waals surface area contributed by atoms with Gasteiger partial charge in [0.05, 0.1) is 5.56 Å². The van der Waals surface area contributed by atoms with Crippen LogP contribution in [0.2, 0.25) is 0 Å². The van der Waals surface area contributed by atoms with Gasteiger partial charge in [0.1, 0.15) is 23.7 Å². The number of nitrogens with two attached hydrogens (primary N) is 2. The number of anilines is 2. The molecule has 0 unspecified atom stereocenters. The fourth-order valence-corrected chi connectivity index (χ4v) is 4.78. The third-order valence-electron chi connectivity index (χ3n) is 6.30. The van der Waals surface area contributed by atoms with Gasteiger partial charge in [-0.05, 0) is 86.7 Å². The number of hydrogen-bond donors (Lipinski definition) is 3. The highest BCUT2D eigenvalue weighted by molar-refractivity contribution is 5.89. The van der Waals surface area contributed by atoms with Crippen LogP contribution in [0, 0.1) is 11.8 Å². The van der Waals surface area contributed by atoms with Crippen molar-refractivity contribution in [3.63, 3.8) is 0 Å². The van der Waals surface area contributed by atoms with Gasteiger partial charge in [0.15, 0.2) is 0 Å². The smallest absolute Gasteiger partial charge is 0.136 e. The molecule has 2 aromatic rings. The number of rotatable bonds is 7. The summed E-state index contributed by atoms with van der Waals surface area (Å²) in [7, 11) is 0. The third kappa shape index (κ3) is 4.70. The second-order valence-electron chi connectivity index (χ2n) is 8.48. The van der Waals surface area contributed by atoms with Crippen LogP contribution in [-0.4, -0.2) is 39.6 Å². The van der Waals surface area contributed by atoms with Gasteiger partial charge in [-0.1, -0.05) is 18.2 Å². The molecule has 2 aliphatic rings. The number of phenolic OH excluding ortho intramolecular Hbond substituents is 1. The Morgan fingerprint density at radius 2 is 1.83 bits per heavy atom. The van der Waals surface area contributed by atoms with Crippen molar-refractivity contribution in [2.24, 2.45) is 11.8 Å². The number of nitrogens with zero attached hydrogens (tertiary/aromatic N) is 3. The van der Waals surface area contributed by atoms with E-state index in [9.17, 15) is 5.11 Å². The standard InChI is InChI=1S/C23H31N5O/c24-22-21(23(25)27-15-26-22)20(18-6-4-7-19(29)13-18)8-3-5-16-11-17(12-16)14-28-9-1-2-10-28/h4,6-8,13,15-17,29H,1-3,5,9-12,14H2,(H4,24,25,26,27)/b20-8-. The van der Waals surface area contributed by atoms with Crippen LogP contribution in [0.15, 0.2) is 36.7 Å². The van der Waals surface area contributed by atoms with Gasteiger partial charge >= 0.3 is 0 Å². The minimum atomic E-state index is 0.214. The van der Waals surface area contributed by atoms with E-state index < -0.39 is 0 Å². The van der Waals surface area contributed by atoms with E-state index in [0.717, 1.165) is 35.8 Å². The fourth-order valence-electron chi connectivity index (χ4n) is 4.78. The molecule has 2 heterocycles. The van der Waals surface area contributed by atoms with Gasteiger partial charge in [-0.2, -0.15) is 0 Å². The van der Waals surface area contributed by atoms with Crippen molar-refractivity contribution in [1.29, 1.82) is 0 Å². The molecule has 154 valence electrons. The van der Waals surface area contributed by atoms with E-state index >= 15 is 0 Å². The topological polar surface area (TPSA) is 101 Å². The van der Waals surface area contributed by atoms with Gasteiger partial charge in [0.2, 0.25) is 0 Å². The van der Waals surface area contributed by atoms with Crippen LogP contribution in [0.5, 0.6) is 5.75 Å². The summed E-state index contributed by atoms with van der Waals surface area (Å²) in [5.74, 6) is 2.61. The lowest BCUT2D eigenvalue weighted by molar-refractivity contribution is 0.132. The van der Waals surface area contributed by atoms with Gasteiger partial charge in [-0.15, -0.1) is 0 Å². The maximum absolute atomic E-state index is 9.93. The molecule has 29 heavy (non-hydrogen) atoms. The molecule has 1 saturated heterocycles. The minimum absolute atomic E-state index is 0.214. The first-order valence-corrected chi connectivity index (χ1v) is 10.7. The predicted molar refractivity (Wildman–Crippen MR) is 117 cm³/mol. The van der Waals surface area contributed by atoms with Gasteiger partial charge < -0.3 is 21.5 Å². The predicted octanol–water partition coefficient (Wildman–Crippen LogP) is 3.68. The van der Waals surface area contributed by atoms with Crippen LogP contribution < -0.4 is 11.5 Å². The Bertz CT molecular complexity index is 849.